The van der Waals surface area contributed by atoms with Crippen molar-refractivity contribution in [3.63, 3.8) is 0 Å². The number of benzene rings is 3. The molecule has 2 N–H and O–H groups in total. The maximum Gasteiger partial charge on any atom is 0.326 e. The van der Waals surface area contributed by atoms with E-state index < -0.39 is 17.9 Å². The molecule has 148 valence electrons. The summed E-state index contributed by atoms with van der Waals surface area (Å²) in [5.74, 6) is -1.02. The van der Waals surface area contributed by atoms with Crippen molar-refractivity contribution < 1.29 is 19.4 Å². The summed E-state index contributed by atoms with van der Waals surface area (Å²) in [7, 11) is 0. The van der Waals surface area contributed by atoms with Gasteiger partial charge in [0.05, 0.1) is 10.6 Å². The largest absolute Gasteiger partial charge is 0.489 e. The summed E-state index contributed by atoms with van der Waals surface area (Å²) < 4.78 is 5.79. The average Bonchev–Trinajstić information content (AvgIpc) is 2.73. The lowest BCUT2D eigenvalue weighted by atomic mass is 10.0. The van der Waals surface area contributed by atoms with Gasteiger partial charge < -0.3 is 15.2 Å². The first kappa shape index (κ1) is 20.4. The third-order valence-corrected chi connectivity index (χ3v) is 4.64. The quantitative estimate of drug-likeness (QED) is 0.580. The number of amides is 1. The lowest BCUT2D eigenvalue weighted by Crippen LogP contribution is -2.42. The van der Waals surface area contributed by atoms with Crippen LogP contribution in [-0.4, -0.2) is 23.0 Å². The number of carbonyl (C=O) groups is 2. The highest BCUT2D eigenvalue weighted by Gasteiger charge is 2.22. The molecule has 0 saturated heterocycles. The molecule has 0 saturated carbocycles. The van der Waals surface area contributed by atoms with Crippen molar-refractivity contribution in [1.82, 2.24) is 5.32 Å². The van der Waals surface area contributed by atoms with Crippen molar-refractivity contribution in [2.24, 2.45) is 0 Å². The molecule has 1 atom stereocenters. The van der Waals surface area contributed by atoms with Gasteiger partial charge in [-0.1, -0.05) is 66.2 Å². The van der Waals surface area contributed by atoms with Crippen LogP contribution in [-0.2, 0) is 17.8 Å². The van der Waals surface area contributed by atoms with Crippen molar-refractivity contribution >= 4 is 23.5 Å². The summed E-state index contributed by atoms with van der Waals surface area (Å²) in [4.78, 5) is 24.1. The van der Waals surface area contributed by atoms with E-state index in [9.17, 15) is 14.7 Å². The smallest absolute Gasteiger partial charge is 0.326 e. The number of ether oxygens (including phenoxy) is 1. The second-order valence-electron chi connectivity index (χ2n) is 6.47. The lowest BCUT2D eigenvalue weighted by molar-refractivity contribution is -0.139. The number of carbonyl (C=O) groups excluding carboxylic acids is 1. The molecule has 6 heteroatoms. The van der Waals surface area contributed by atoms with E-state index in [1.165, 1.54) is 0 Å². The number of nitrogens with one attached hydrogen (secondary N) is 1. The summed E-state index contributed by atoms with van der Waals surface area (Å²) in [5, 5.41) is 12.3. The molecule has 0 bridgehead atoms. The Morgan fingerprint density at radius 2 is 1.62 bits per heavy atom. The van der Waals surface area contributed by atoms with Gasteiger partial charge in [0.2, 0.25) is 0 Å². The number of hydrogen-bond donors (Lipinski definition) is 2. The van der Waals surface area contributed by atoms with E-state index in [-0.39, 0.29) is 17.0 Å². The summed E-state index contributed by atoms with van der Waals surface area (Å²) in [6.45, 7) is 0.413. The average molecular weight is 410 g/mol. The molecular weight excluding hydrogens is 390 g/mol. The van der Waals surface area contributed by atoms with E-state index in [2.05, 4.69) is 5.32 Å². The van der Waals surface area contributed by atoms with Gasteiger partial charge in [0.1, 0.15) is 18.4 Å². The molecule has 3 aromatic carbocycles. The number of hydrogen-bond acceptors (Lipinski definition) is 3. The molecule has 3 rings (SSSR count). The molecule has 5 nitrogen and oxygen atoms in total. The zero-order valence-corrected chi connectivity index (χ0v) is 16.3. The second kappa shape index (κ2) is 9.75. The monoisotopic (exact) mass is 409 g/mol. The zero-order valence-electron chi connectivity index (χ0n) is 15.5. The van der Waals surface area contributed by atoms with Gasteiger partial charge in [0.25, 0.3) is 5.91 Å². The normalized spacial score (nSPS) is 11.5. The van der Waals surface area contributed by atoms with Gasteiger partial charge in [0.15, 0.2) is 0 Å². The van der Waals surface area contributed by atoms with Gasteiger partial charge in [0, 0.05) is 6.42 Å². The fraction of sp³-hybridized carbons (Fsp3) is 0.130. The van der Waals surface area contributed by atoms with E-state index in [4.69, 9.17) is 16.3 Å². The summed E-state index contributed by atoms with van der Waals surface area (Å²) in [6, 6.07) is 22.3. The first-order valence-corrected chi connectivity index (χ1v) is 9.44. The molecule has 0 aliphatic carbocycles. The highest BCUT2D eigenvalue weighted by Crippen LogP contribution is 2.18. The molecular formula is C23H20ClNO4. The molecule has 0 fully saturated rings. The van der Waals surface area contributed by atoms with Crippen molar-refractivity contribution in [3.05, 3.63) is 101 Å². The molecule has 0 spiro atoms. The van der Waals surface area contributed by atoms with Crippen LogP contribution in [0.15, 0.2) is 78.9 Å². The maximum absolute atomic E-state index is 12.4. The van der Waals surface area contributed by atoms with Crippen LogP contribution in [0.25, 0.3) is 0 Å². The Morgan fingerprint density at radius 3 is 2.34 bits per heavy atom. The van der Waals surface area contributed by atoms with Gasteiger partial charge in [-0.3, -0.25) is 4.79 Å². The Bertz CT molecular complexity index is 991. The third-order valence-electron chi connectivity index (χ3n) is 4.31. The van der Waals surface area contributed by atoms with Gasteiger partial charge in [-0.05, 0) is 35.4 Å². The van der Waals surface area contributed by atoms with Crippen molar-refractivity contribution in [3.8, 4) is 5.75 Å². The molecule has 0 radical (unpaired) electrons. The lowest BCUT2D eigenvalue weighted by Gasteiger charge is -2.16. The van der Waals surface area contributed by atoms with Crippen molar-refractivity contribution in [1.29, 1.82) is 0 Å². The Balaban J connectivity index is 1.66. The van der Waals surface area contributed by atoms with Gasteiger partial charge in [-0.15, -0.1) is 0 Å². The van der Waals surface area contributed by atoms with Crippen LogP contribution in [0, 0.1) is 0 Å². The molecule has 0 unspecified atom stereocenters. The Kier molecular flexibility index (Phi) is 6.87. The Hall–Kier alpha value is -3.31. The van der Waals surface area contributed by atoms with E-state index in [1.54, 1.807) is 42.5 Å². The zero-order chi connectivity index (χ0) is 20.6. The third kappa shape index (κ3) is 5.83. The van der Waals surface area contributed by atoms with E-state index in [1.807, 2.05) is 36.4 Å². The second-order valence-corrected chi connectivity index (χ2v) is 6.88. The Morgan fingerprint density at radius 1 is 0.931 bits per heavy atom. The standard InChI is InChI=1S/C23H20ClNO4/c24-20-12-5-4-11-19(20)22(26)25-21(23(27)28)14-17-9-6-10-18(13-17)29-15-16-7-2-1-3-8-16/h1-13,21H,14-15H2,(H,25,26)(H,27,28)/t21-/m0/s1. The fourth-order valence-electron chi connectivity index (χ4n) is 2.82. The number of rotatable bonds is 8. The van der Waals surface area contributed by atoms with Gasteiger partial charge >= 0.3 is 5.97 Å². The summed E-state index contributed by atoms with van der Waals surface area (Å²) in [5.41, 5.74) is 2.01. The maximum atomic E-state index is 12.4. The van der Waals surface area contributed by atoms with Crippen molar-refractivity contribution in [2.75, 3.05) is 0 Å². The highest BCUT2D eigenvalue weighted by molar-refractivity contribution is 6.33. The summed E-state index contributed by atoms with van der Waals surface area (Å²) in [6.07, 6.45) is 0.119. The topological polar surface area (TPSA) is 75.6 Å². The molecule has 29 heavy (non-hydrogen) atoms. The molecule has 0 aliphatic heterocycles. The minimum absolute atomic E-state index is 0.119. The molecule has 0 aromatic heterocycles. The first-order valence-electron chi connectivity index (χ1n) is 9.07. The van der Waals surface area contributed by atoms with Gasteiger partial charge in [-0.25, -0.2) is 4.79 Å². The number of halogens is 1. The van der Waals surface area contributed by atoms with E-state index in [0.29, 0.717) is 12.4 Å². The molecule has 0 heterocycles. The van der Waals surface area contributed by atoms with E-state index >= 15 is 0 Å². The van der Waals surface area contributed by atoms with Crippen LogP contribution < -0.4 is 10.1 Å². The number of carboxylic acids is 1. The predicted octanol–water partition coefficient (Wildman–Crippen LogP) is 4.34. The minimum Gasteiger partial charge on any atom is -0.489 e. The highest BCUT2D eigenvalue weighted by atomic mass is 35.5. The Labute approximate surface area is 173 Å². The predicted molar refractivity (Wildman–Crippen MR) is 111 cm³/mol. The minimum atomic E-state index is -1.12. The summed E-state index contributed by atoms with van der Waals surface area (Å²) >= 11 is 6.02. The number of carboxylic acid groups (broad SMARTS) is 1. The number of aliphatic carboxylic acids is 1. The van der Waals surface area contributed by atoms with Crippen molar-refractivity contribution in [2.45, 2.75) is 19.1 Å². The molecule has 1 amide bonds. The molecule has 3 aromatic rings. The SMILES string of the molecule is O=C(N[C@@H](Cc1cccc(OCc2ccccc2)c1)C(=O)O)c1ccccc1Cl. The fourth-order valence-corrected chi connectivity index (χ4v) is 3.04. The van der Waals surface area contributed by atoms with Crippen LogP contribution in [0.3, 0.4) is 0 Å². The van der Waals surface area contributed by atoms with Crippen LogP contribution >= 0.6 is 11.6 Å². The first-order chi connectivity index (χ1) is 14.0. The van der Waals surface area contributed by atoms with Gasteiger partial charge in [-0.2, -0.15) is 0 Å². The van der Waals surface area contributed by atoms with Crippen LogP contribution in [0.2, 0.25) is 5.02 Å². The van der Waals surface area contributed by atoms with Crippen LogP contribution in [0.1, 0.15) is 21.5 Å². The van der Waals surface area contributed by atoms with E-state index in [0.717, 1.165) is 11.1 Å². The molecule has 0 aliphatic rings. The van der Waals surface area contributed by atoms with Crippen LogP contribution in [0.4, 0.5) is 0 Å². The van der Waals surface area contributed by atoms with Crippen LogP contribution in [0.5, 0.6) is 5.75 Å².